The Bertz CT molecular complexity index is 747. The molecule has 0 radical (unpaired) electrons. The van der Waals surface area contributed by atoms with Crippen molar-refractivity contribution in [1.29, 1.82) is 0 Å². The van der Waals surface area contributed by atoms with E-state index in [0.717, 1.165) is 35.5 Å². The minimum absolute atomic E-state index is 0.190. The van der Waals surface area contributed by atoms with Gasteiger partial charge in [0.25, 0.3) is 0 Å². The number of rotatable bonds is 5. The third-order valence-corrected chi connectivity index (χ3v) is 5.13. The lowest BCUT2D eigenvalue weighted by atomic mass is 9.96. The predicted octanol–water partition coefficient (Wildman–Crippen LogP) is 3.76. The normalized spacial score (nSPS) is 14.2. The minimum atomic E-state index is 0.190. The molecule has 1 aliphatic heterocycles. The summed E-state index contributed by atoms with van der Waals surface area (Å²) >= 11 is 1.81. The van der Waals surface area contributed by atoms with Gasteiger partial charge >= 0.3 is 0 Å². The maximum atomic E-state index is 11.8. The number of aromatic nitrogens is 1. The highest BCUT2D eigenvalue weighted by Crippen LogP contribution is 2.31. The van der Waals surface area contributed by atoms with Crippen LogP contribution in [0.5, 0.6) is 0 Å². The lowest BCUT2D eigenvalue weighted by Gasteiger charge is -2.26. The van der Waals surface area contributed by atoms with E-state index < -0.39 is 0 Å². The largest absolute Gasteiger partial charge is 0.315 e. The standard InChI is InChI=1S/C19H23N3OS/c1-4-24-21(2)13-14-9-17(12-20-11-14)15-5-7-18-16(10-15)6-8-19(23)22(18)3/h5,7,9-12H,4,6,8,13H2,1-3H3. The van der Waals surface area contributed by atoms with Crippen molar-refractivity contribution in [3.8, 4) is 11.1 Å². The number of hydrogen-bond acceptors (Lipinski definition) is 4. The Hall–Kier alpha value is -1.85. The van der Waals surface area contributed by atoms with Gasteiger partial charge in [0.15, 0.2) is 0 Å². The van der Waals surface area contributed by atoms with Crippen molar-refractivity contribution in [3.63, 3.8) is 0 Å². The van der Waals surface area contributed by atoms with E-state index in [1.807, 2.05) is 37.5 Å². The number of carbonyl (C=O) groups excluding carboxylic acids is 1. The van der Waals surface area contributed by atoms with Gasteiger partial charge in [-0.1, -0.05) is 24.9 Å². The Morgan fingerprint density at radius 3 is 2.83 bits per heavy atom. The van der Waals surface area contributed by atoms with Gasteiger partial charge in [-0.15, -0.1) is 0 Å². The number of anilines is 1. The highest BCUT2D eigenvalue weighted by molar-refractivity contribution is 7.96. The number of benzene rings is 1. The van der Waals surface area contributed by atoms with Crippen molar-refractivity contribution >= 4 is 23.5 Å². The molecule has 2 heterocycles. The Labute approximate surface area is 148 Å². The van der Waals surface area contributed by atoms with Crippen LogP contribution in [0.25, 0.3) is 11.1 Å². The van der Waals surface area contributed by atoms with E-state index in [1.54, 1.807) is 4.90 Å². The summed E-state index contributed by atoms with van der Waals surface area (Å²) in [6.45, 7) is 3.03. The first kappa shape index (κ1) is 17.0. The Balaban J connectivity index is 1.86. The van der Waals surface area contributed by atoms with Crippen LogP contribution in [0.2, 0.25) is 0 Å². The molecule has 1 aromatic carbocycles. The molecule has 0 unspecified atom stereocenters. The zero-order chi connectivity index (χ0) is 17.1. The summed E-state index contributed by atoms with van der Waals surface area (Å²) in [4.78, 5) is 18.0. The summed E-state index contributed by atoms with van der Waals surface area (Å²) in [6, 6.07) is 8.54. The molecule has 0 saturated heterocycles. The fourth-order valence-electron chi connectivity index (χ4n) is 3.09. The van der Waals surface area contributed by atoms with Crippen LogP contribution in [0, 0.1) is 0 Å². The van der Waals surface area contributed by atoms with E-state index in [4.69, 9.17) is 0 Å². The highest BCUT2D eigenvalue weighted by atomic mass is 32.2. The zero-order valence-corrected chi connectivity index (χ0v) is 15.3. The van der Waals surface area contributed by atoms with Gasteiger partial charge in [-0.25, -0.2) is 4.31 Å². The second kappa shape index (κ2) is 7.36. The van der Waals surface area contributed by atoms with Gasteiger partial charge in [0.05, 0.1) is 0 Å². The SMILES string of the molecule is CCSN(C)Cc1cncc(-c2ccc3c(c2)CCC(=O)N3C)c1. The molecule has 0 bridgehead atoms. The van der Waals surface area contributed by atoms with Crippen LogP contribution in [0.15, 0.2) is 36.7 Å². The maximum Gasteiger partial charge on any atom is 0.227 e. The van der Waals surface area contributed by atoms with E-state index in [0.29, 0.717) is 6.42 Å². The second-order valence-corrected chi connectivity index (χ2v) is 7.54. The Morgan fingerprint density at radius 2 is 2.04 bits per heavy atom. The van der Waals surface area contributed by atoms with E-state index in [1.165, 1.54) is 11.1 Å². The van der Waals surface area contributed by atoms with E-state index in [9.17, 15) is 4.79 Å². The summed E-state index contributed by atoms with van der Waals surface area (Å²) < 4.78 is 2.23. The van der Waals surface area contributed by atoms with Gasteiger partial charge in [-0.2, -0.15) is 0 Å². The molecule has 1 aromatic heterocycles. The topological polar surface area (TPSA) is 36.4 Å². The van der Waals surface area contributed by atoms with Gasteiger partial charge in [0, 0.05) is 49.4 Å². The van der Waals surface area contributed by atoms with Crippen LogP contribution >= 0.6 is 11.9 Å². The first-order chi connectivity index (χ1) is 11.6. The van der Waals surface area contributed by atoms with Crippen molar-refractivity contribution in [1.82, 2.24) is 9.29 Å². The van der Waals surface area contributed by atoms with Crippen LogP contribution in [-0.4, -0.2) is 35.0 Å². The number of aryl methyl sites for hydroxylation is 1. The maximum absolute atomic E-state index is 11.8. The molecule has 24 heavy (non-hydrogen) atoms. The average molecular weight is 341 g/mol. The molecule has 0 fully saturated rings. The summed E-state index contributed by atoms with van der Waals surface area (Å²) in [6.07, 6.45) is 5.25. The summed E-state index contributed by atoms with van der Waals surface area (Å²) in [7, 11) is 3.95. The summed E-state index contributed by atoms with van der Waals surface area (Å²) in [5.41, 5.74) is 5.76. The molecule has 5 heteroatoms. The highest BCUT2D eigenvalue weighted by Gasteiger charge is 2.21. The monoisotopic (exact) mass is 341 g/mol. The third kappa shape index (κ3) is 3.62. The molecular formula is C19H23N3OS. The molecular weight excluding hydrogens is 318 g/mol. The number of pyridine rings is 1. The molecule has 0 spiro atoms. The minimum Gasteiger partial charge on any atom is -0.315 e. The fraction of sp³-hybridized carbons (Fsp3) is 0.368. The van der Waals surface area contributed by atoms with Crippen molar-refractivity contribution in [2.24, 2.45) is 0 Å². The quantitative estimate of drug-likeness (QED) is 0.776. The lowest BCUT2D eigenvalue weighted by Crippen LogP contribution is -2.30. The smallest absolute Gasteiger partial charge is 0.227 e. The van der Waals surface area contributed by atoms with Crippen LogP contribution in [0.4, 0.5) is 5.69 Å². The molecule has 4 nitrogen and oxygen atoms in total. The first-order valence-corrected chi connectivity index (χ1v) is 9.20. The van der Waals surface area contributed by atoms with Crippen LogP contribution in [0.1, 0.15) is 24.5 Å². The van der Waals surface area contributed by atoms with Gasteiger partial charge in [0.1, 0.15) is 0 Å². The fourth-order valence-corrected chi connectivity index (χ4v) is 3.77. The third-order valence-electron chi connectivity index (χ3n) is 4.31. The van der Waals surface area contributed by atoms with Gasteiger partial charge < -0.3 is 4.90 Å². The predicted molar refractivity (Wildman–Crippen MR) is 101 cm³/mol. The number of fused-ring (bicyclic) bond motifs is 1. The van der Waals surface area contributed by atoms with E-state index in [2.05, 4.69) is 41.5 Å². The lowest BCUT2D eigenvalue weighted by molar-refractivity contribution is -0.118. The van der Waals surface area contributed by atoms with E-state index >= 15 is 0 Å². The van der Waals surface area contributed by atoms with Gasteiger partial charge in [-0.3, -0.25) is 9.78 Å². The number of amides is 1. The van der Waals surface area contributed by atoms with Crippen LogP contribution in [-0.2, 0) is 17.8 Å². The zero-order valence-electron chi connectivity index (χ0n) is 14.5. The molecule has 0 N–H and O–H groups in total. The molecule has 126 valence electrons. The number of carbonyl (C=O) groups is 1. The van der Waals surface area contributed by atoms with Crippen molar-refractivity contribution in [2.45, 2.75) is 26.3 Å². The van der Waals surface area contributed by atoms with Gasteiger partial charge in [0.2, 0.25) is 5.91 Å². The number of nitrogens with zero attached hydrogens (tertiary/aromatic N) is 3. The van der Waals surface area contributed by atoms with Crippen molar-refractivity contribution in [3.05, 3.63) is 47.8 Å². The molecule has 1 amide bonds. The number of hydrogen-bond donors (Lipinski definition) is 0. The average Bonchev–Trinajstić information content (AvgIpc) is 2.58. The van der Waals surface area contributed by atoms with Crippen molar-refractivity contribution in [2.75, 3.05) is 24.7 Å². The summed E-state index contributed by atoms with van der Waals surface area (Å²) in [5, 5.41) is 0. The van der Waals surface area contributed by atoms with Crippen LogP contribution in [0.3, 0.4) is 0 Å². The van der Waals surface area contributed by atoms with Crippen molar-refractivity contribution < 1.29 is 4.79 Å². The molecule has 3 rings (SSSR count). The van der Waals surface area contributed by atoms with Crippen LogP contribution < -0.4 is 4.90 Å². The molecule has 2 aromatic rings. The molecule has 0 atom stereocenters. The Kier molecular flexibility index (Phi) is 5.21. The summed E-state index contributed by atoms with van der Waals surface area (Å²) in [5.74, 6) is 1.26. The van der Waals surface area contributed by atoms with Gasteiger partial charge in [-0.05, 0) is 48.4 Å². The molecule has 0 saturated carbocycles. The Morgan fingerprint density at radius 1 is 1.21 bits per heavy atom. The first-order valence-electron chi connectivity index (χ1n) is 8.26. The second-order valence-electron chi connectivity index (χ2n) is 6.08. The molecule has 1 aliphatic rings. The van der Waals surface area contributed by atoms with E-state index in [-0.39, 0.29) is 5.91 Å². The molecule has 0 aliphatic carbocycles.